The lowest BCUT2D eigenvalue weighted by molar-refractivity contribution is 0.261. The Balaban J connectivity index is 0.00000243. The summed E-state index contributed by atoms with van der Waals surface area (Å²) in [6.45, 7) is 5.17. The van der Waals surface area contributed by atoms with Gasteiger partial charge in [0.25, 0.3) is 0 Å². The van der Waals surface area contributed by atoms with Crippen LogP contribution in [0.15, 0.2) is 42.5 Å². The third-order valence-corrected chi connectivity index (χ3v) is 5.05. The van der Waals surface area contributed by atoms with Crippen LogP contribution in [-0.2, 0) is 6.42 Å². The van der Waals surface area contributed by atoms with Gasteiger partial charge in [-0.2, -0.15) is 0 Å². The van der Waals surface area contributed by atoms with Gasteiger partial charge in [-0.1, -0.05) is 29.8 Å². The van der Waals surface area contributed by atoms with Crippen molar-refractivity contribution in [2.24, 2.45) is 0 Å². The largest absolute Gasteiger partial charge is 0.493 e. The van der Waals surface area contributed by atoms with Crippen LogP contribution < -0.4 is 14.4 Å². The molecule has 1 fully saturated rings. The minimum absolute atomic E-state index is 0. The van der Waals surface area contributed by atoms with Crippen LogP contribution in [0.1, 0.15) is 5.56 Å². The fraction of sp³-hybridized carbons (Fsp3) is 0.400. The van der Waals surface area contributed by atoms with E-state index in [1.807, 2.05) is 24.3 Å². The number of ether oxygens (including phenoxy) is 2. The molecule has 26 heavy (non-hydrogen) atoms. The number of hydrogen-bond acceptors (Lipinski definition) is 4. The minimum atomic E-state index is 0. The van der Waals surface area contributed by atoms with Crippen LogP contribution in [-0.4, -0.2) is 51.8 Å². The van der Waals surface area contributed by atoms with Crippen LogP contribution in [0.3, 0.4) is 0 Å². The van der Waals surface area contributed by atoms with Crippen LogP contribution in [0.4, 0.5) is 5.69 Å². The van der Waals surface area contributed by atoms with Crippen molar-refractivity contribution in [2.45, 2.75) is 6.42 Å². The summed E-state index contributed by atoms with van der Waals surface area (Å²) >= 11 is 6.31. The lowest BCUT2D eigenvalue weighted by Crippen LogP contribution is -2.47. The van der Waals surface area contributed by atoms with E-state index in [1.165, 1.54) is 5.56 Å². The highest BCUT2D eigenvalue weighted by Gasteiger charge is 2.18. The molecule has 0 bridgehead atoms. The summed E-state index contributed by atoms with van der Waals surface area (Å²) in [4.78, 5) is 4.87. The van der Waals surface area contributed by atoms with Gasteiger partial charge in [-0.3, -0.25) is 4.90 Å². The Morgan fingerprint density at radius 2 is 1.62 bits per heavy atom. The number of anilines is 1. The van der Waals surface area contributed by atoms with Gasteiger partial charge in [0, 0.05) is 32.7 Å². The molecule has 0 spiro atoms. The van der Waals surface area contributed by atoms with Gasteiger partial charge in [0.1, 0.15) is 0 Å². The van der Waals surface area contributed by atoms with E-state index in [4.69, 9.17) is 21.1 Å². The van der Waals surface area contributed by atoms with Gasteiger partial charge >= 0.3 is 0 Å². The number of methoxy groups -OCH3 is 2. The molecule has 0 unspecified atom stereocenters. The Morgan fingerprint density at radius 1 is 0.923 bits per heavy atom. The molecule has 4 nitrogen and oxygen atoms in total. The first-order valence-corrected chi connectivity index (χ1v) is 9.02. The van der Waals surface area contributed by atoms with Gasteiger partial charge in [0.15, 0.2) is 11.5 Å². The van der Waals surface area contributed by atoms with E-state index in [9.17, 15) is 0 Å². The van der Waals surface area contributed by atoms with Crippen molar-refractivity contribution in [3.63, 3.8) is 0 Å². The van der Waals surface area contributed by atoms with E-state index >= 15 is 0 Å². The first-order chi connectivity index (χ1) is 12.2. The average molecular weight is 397 g/mol. The normalized spacial score (nSPS) is 14.7. The summed E-state index contributed by atoms with van der Waals surface area (Å²) in [6.07, 6.45) is 1.01. The standard InChI is InChI=1S/C20H25ClN2O2.ClH/c1-24-19-8-7-16(15-20(19)25-2)9-10-22-11-13-23(14-12-22)18-6-4-3-5-17(18)21;/h3-8,15H,9-14H2,1-2H3;1H. The predicted octanol–water partition coefficient (Wildman–Crippen LogP) is 4.14. The lowest BCUT2D eigenvalue weighted by Gasteiger charge is -2.36. The smallest absolute Gasteiger partial charge is 0.160 e. The summed E-state index contributed by atoms with van der Waals surface area (Å²) in [6, 6.07) is 14.2. The molecule has 1 aliphatic heterocycles. The highest BCUT2D eigenvalue weighted by molar-refractivity contribution is 6.33. The van der Waals surface area contributed by atoms with Crippen LogP contribution in [0.2, 0.25) is 5.02 Å². The van der Waals surface area contributed by atoms with E-state index in [0.29, 0.717) is 0 Å². The summed E-state index contributed by atoms with van der Waals surface area (Å²) in [5.74, 6) is 1.57. The minimum Gasteiger partial charge on any atom is -0.493 e. The van der Waals surface area contributed by atoms with Crippen LogP contribution >= 0.6 is 24.0 Å². The highest BCUT2D eigenvalue weighted by atomic mass is 35.5. The molecular formula is C20H26Cl2N2O2. The quantitative estimate of drug-likeness (QED) is 0.732. The molecule has 0 N–H and O–H groups in total. The molecule has 1 saturated heterocycles. The molecule has 0 amide bonds. The van der Waals surface area contributed by atoms with Crippen molar-refractivity contribution in [3.8, 4) is 11.5 Å². The second-order valence-electron chi connectivity index (χ2n) is 6.22. The molecule has 2 aromatic rings. The summed E-state index contributed by atoms with van der Waals surface area (Å²) in [5.41, 5.74) is 2.41. The van der Waals surface area contributed by atoms with E-state index in [0.717, 1.165) is 61.4 Å². The second-order valence-corrected chi connectivity index (χ2v) is 6.63. The molecule has 1 heterocycles. The SMILES string of the molecule is COc1ccc(CCN2CCN(c3ccccc3Cl)CC2)cc1OC.Cl. The number of piperazine rings is 1. The van der Waals surface area contributed by atoms with Crippen molar-refractivity contribution in [1.82, 2.24) is 4.90 Å². The lowest BCUT2D eigenvalue weighted by atomic mass is 10.1. The molecule has 0 atom stereocenters. The molecule has 0 aromatic heterocycles. The average Bonchev–Trinajstić information content (AvgIpc) is 2.67. The second kappa shape index (κ2) is 9.91. The molecule has 2 aromatic carbocycles. The fourth-order valence-electron chi connectivity index (χ4n) is 3.24. The number of benzene rings is 2. The summed E-state index contributed by atoms with van der Waals surface area (Å²) in [7, 11) is 3.34. The van der Waals surface area contributed by atoms with Gasteiger partial charge in [0.05, 0.1) is 24.9 Å². The Kier molecular flexibility index (Phi) is 7.88. The van der Waals surface area contributed by atoms with Gasteiger partial charge in [-0.05, 0) is 36.2 Å². The molecular weight excluding hydrogens is 371 g/mol. The zero-order valence-corrected chi connectivity index (χ0v) is 16.9. The maximum absolute atomic E-state index is 6.31. The third kappa shape index (κ3) is 4.97. The Hall–Kier alpha value is -1.62. The van der Waals surface area contributed by atoms with Crippen LogP contribution in [0.5, 0.6) is 11.5 Å². The topological polar surface area (TPSA) is 24.9 Å². The monoisotopic (exact) mass is 396 g/mol. The van der Waals surface area contributed by atoms with E-state index in [1.54, 1.807) is 14.2 Å². The van der Waals surface area contributed by atoms with Crippen LogP contribution in [0.25, 0.3) is 0 Å². The van der Waals surface area contributed by atoms with E-state index < -0.39 is 0 Å². The molecule has 1 aliphatic rings. The molecule has 0 saturated carbocycles. The Morgan fingerprint density at radius 3 is 2.27 bits per heavy atom. The van der Waals surface area contributed by atoms with Crippen molar-refractivity contribution in [2.75, 3.05) is 51.8 Å². The molecule has 0 radical (unpaired) electrons. The first kappa shape index (κ1) is 20.7. The number of para-hydroxylation sites is 1. The van der Waals surface area contributed by atoms with Gasteiger partial charge in [0.2, 0.25) is 0 Å². The van der Waals surface area contributed by atoms with Crippen molar-refractivity contribution in [1.29, 1.82) is 0 Å². The first-order valence-electron chi connectivity index (χ1n) is 8.64. The van der Waals surface area contributed by atoms with Gasteiger partial charge in [-0.25, -0.2) is 0 Å². The van der Waals surface area contributed by atoms with Crippen molar-refractivity contribution in [3.05, 3.63) is 53.1 Å². The summed E-state index contributed by atoms with van der Waals surface area (Å²) in [5, 5.41) is 0.835. The maximum atomic E-state index is 6.31. The number of halogens is 2. The van der Waals surface area contributed by atoms with E-state index in [2.05, 4.69) is 28.0 Å². The molecule has 0 aliphatic carbocycles. The molecule has 6 heteroatoms. The van der Waals surface area contributed by atoms with Gasteiger partial charge in [-0.15, -0.1) is 12.4 Å². The molecule has 142 valence electrons. The third-order valence-electron chi connectivity index (χ3n) is 4.73. The number of hydrogen-bond donors (Lipinski definition) is 0. The zero-order valence-electron chi connectivity index (χ0n) is 15.3. The van der Waals surface area contributed by atoms with Gasteiger partial charge < -0.3 is 14.4 Å². The maximum Gasteiger partial charge on any atom is 0.160 e. The van der Waals surface area contributed by atoms with E-state index in [-0.39, 0.29) is 12.4 Å². The zero-order chi connectivity index (χ0) is 17.6. The number of rotatable bonds is 6. The van der Waals surface area contributed by atoms with Crippen molar-refractivity contribution < 1.29 is 9.47 Å². The van der Waals surface area contributed by atoms with Crippen LogP contribution in [0, 0.1) is 0 Å². The molecule has 3 rings (SSSR count). The predicted molar refractivity (Wildman–Crippen MR) is 111 cm³/mol. The summed E-state index contributed by atoms with van der Waals surface area (Å²) < 4.78 is 10.7. The Bertz CT molecular complexity index is 704. The fourth-order valence-corrected chi connectivity index (χ4v) is 3.50. The Labute approximate surface area is 167 Å². The number of nitrogens with zero attached hydrogens (tertiary/aromatic N) is 2. The highest BCUT2D eigenvalue weighted by Crippen LogP contribution is 2.28. The van der Waals surface area contributed by atoms with Crippen molar-refractivity contribution >= 4 is 29.7 Å².